The Kier molecular flexibility index (Phi) is 20.7. The maximum Gasteiger partial charge on any atom is 0.106 e. The minimum Gasteiger partial charge on any atom is -0.262 e. The van der Waals surface area contributed by atoms with Gasteiger partial charge in [-0.05, 0) is 189 Å². The number of nitrogens with zero attached hydrogens (tertiary/aromatic N) is 3. The maximum absolute atomic E-state index is 4.09. The summed E-state index contributed by atoms with van der Waals surface area (Å²) in [5.74, 6) is 0. The summed E-state index contributed by atoms with van der Waals surface area (Å²) in [4.78, 5) is 13.3. The second kappa shape index (κ2) is 21.4. The van der Waals surface area contributed by atoms with Crippen LogP contribution in [0.1, 0.15) is 16.1 Å². The van der Waals surface area contributed by atoms with Gasteiger partial charge in [-0.2, -0.15) is 0 Å². The number of aryl methyl sites for hydroxylation is 3. The highest BCUT2D eigenvalue weighted by Crippen LogP contribution is 2.20. The lowest BCUT2D eigenvalue weighted by Gasteiger charge is -1.88. The van der Waals surface area contributed by atoms with Crippen LogP contribution in [0, 0.1) is 27.4 Å². The molecule has 0 N–H and O–H groups in total. The van der Waals surface area contributed by atoms with Gasteiger partial charge in [0.15, 0.2) is 0 Å². The molecule has 0 saturated heterocycles. The average molecular weight is 1090 g/mol. The zero-order chi connectivity index (χ0) is 28.5. The minimum atomic E-state index is 0.900. The molecule has 0 unspecified atom stereocenters. The molecule has 0 aliphatic heterocycles. The monoisotopic (exact) mass is 1090 g/mol. The van der Waals surface area contributed by atoms with Crippen molar-refractivity contribution in [2.24, 2.45) is 0 Å². The van der Waals surface area contributed by atoms with E-state index in [0.717, 1.165) is 27.4 Å². The molecule has 0 radical (unpaired) electrons. The van der Waals surface area contributed by atoms with Crippen molar-refractivity contribution < 1.29 is 0 Å². The zero-order valence-electron chi connectivity index (χ0n) is 20.3. The molecule has 0 aromatic carbocycles. The van der Waals surface area contributed by atoms with Crippen LogP contribution in [0.4, 0.5) is 0 Å². The van der Waals surface area contributed by atoms with Crippen molar-refractivity contribution in [2.45, 2.75) is 20.8 Å². The number of hydrogen-bond acceptors (Lipinski definition) is 5. The highest BCUT2D eigenvalue weighted by atomic mass is 127. The second-order valence-electron chi connectivity index (χ2n) is 7.00. The van der Waals surface area contributed by atoms with E-state index in [0.29, 0.717) is 0 Å². The van der Waals surface area contributed by atoms with Crippen LogP contribution in [0.3, 0.4) is 0 Å². The molecule has 5 heterocycles. The van der Waals surface area contributed by atoms with Gasteiger partial charge in [-0.15, -0.1) is 22.7 Å². The summed E-state index contributed by atoms with van der Waals surface area (Å²) in [7, 11) is 0. The van der Waals surface area contributed by atoms with E-state index in [-0.39, 0.29) is 0 Å². The SMILES string of the molecule is Brc1ccnc(I)c1.Brc1cncc(Br)c1.Cc1ccc(Br)s1.Cc1cccc(Br)n1.Cc1csc(I)c1. The molecule has 0 fully saturated rings. The third kappa shape index (κ3) is 19.7. The topological polar surface area (TPSA) is 38.7 Å². The number of aromatic nitrogens is 3. The summed E-state index contributed by atoms with van der Waals surface area (Å²) < 4.78 is 7.56. The lowest BCUT2D eigenvalue weighted by Crippen LogP contribution is -1.77. The summed E-state index contributed by atoms with van der Waals surface area (Å²) in [6, 6.07) is 18.0. The Morgan fingerprint density at radius 2 is 1.45 bits per heavy atom. The van der Waals surface area contributed by atoms with Gasteiger partial charge in [-0.3, -0.25) is 9.97 Å². The van der Waals surface area contributed by atoms with Crippen molar-refractivity contribution in [2.75, 3.05) is 0 Å². The fourth-order valence-electron chi connectivity index (χ4n) is 2.08. The lowest BCUT2D eigenvalue weighted by atomic mass is 10.4. The van der Waals surface area contributed by atoms with Crippen molar-refractivity contribution in [3.8, 4) is 0 Å². The van der Waals surface area contributed by atoms with Crippen LogP contribution in [-0.2, 0) is 0 Å². The smallest absolute Gasteiger partial charge is 0.106 e. The first-order valence-electron chi connectivity index (χ1n) is 10.5. The molecular weight excluding hydrogens is 1070 g/mol. The van der Waals surface area contributed by atoms with Crippen LogP contribution < -0.4 is 0 Å². The molecule has 5 aromatic rings. The van der Waals surface area contributed by atoms with Gasteiger partial charge in [0.2, 0.25) is 0 Å². The molecule has 38 heavy (non-hydrogen) atoms. The zero-order valence-corrected chi connectivity index (χ0v) is 34.2. The van der Waals surface area contributed by atoms with Crippen LogP contribution in [-0.4, -0.2) is 15.0 Å². The molecule has 0 bridgehead atoms. The first-order valence-corrected chi connectivity index (χ1v) is 18.3. The van der Waals surface area contributed by atoms with E-state index in [1.807, 2.05) is 43.3 Å². The molecule has 0 aliphatic rings. The van der Waals surface area contributed by atoms with Crippen molar-refractivity contribution in [1.29, 1.82) is 0 Å². The van der Waals surface area contributed by atoms with E-state index in [4.69, 9.17) is 0 Å². The van der Waals surface area contributed by atoms with Gasteiger partial charge in [0, 0.05) is 42.6 Å². The highest BCUT2D eigenvalue weighted by Gasteiger charge is 1.88. The fourth-order valence-corrected chi connectivity index (χ4v) is 7.77. The van der Waals surface area contributed by atoms with Crippen LogP contribution in [0.2, 0.25) is 0 Å². The van der Waals surface area contributed by atoms with Crippen molar-refractivity contribution >= 4 is 148 Å². The van der Waals surface area contributed by atoms with Crippen molar-refractivity contribution in [3.63, 3.8) is 0 Å². The van der Waals surface area contributed by atoms with Gasteiger partial charge in [0.05, 0.1) is 6.67 Å². The second-order valence-corrected chi connectivity index (χ2v) is 17.1. The molecule has 3 nitrogen and oxygen atoms in total. The first-order chi connectivity index (χ1) is 17.9. The first kappa shape index (κ1) is 36.7. The van der Waals surface area contributed by atoms with Gasteiger partial charge >= 0.3 is 0 Å². The number of halogens is 7. The largest absolute Gasteiger partial charge is 0.262 e. The number of rotatable bonds is 0. The van der Waals surface area contributed by atoms with E-state index in [1.54, 1.807) is 41.3 Å². The number of thiophene rings is 2. The molecule has 0 atom stereocenters. The van der Waals surface area contributed by atoms with Gasteiger partial charge in [-0.25, -0.2) is 4.98 Å². The van der Waals surface area contributed by atoms with E-state index in [9.17, 15) is 0 Å². The Morgan fingerprint density at radius 3 is 1.71 bits per heavy atom. The van der Waals surface area contributed by atoms with Gasteiger partial charge in [0.1, 0.15) is 8.30 Å². The summed E-state index contributed by atoms with van der Waals surface area (Å²) in [5.41, 5.74) is 2.41. The Labute approximate surface area is 302 Å². The third-order valence-electron chi connectivity index (χ3n) is 3.62. The predicted octanol–water partition coefficient (Wildman–Crippen LogP) is 12.7. The van der Waals surface area contributed by atoms with Crippen molar-refractivity contribution in [1.82, 2.24) is 15.0 Å². The molecule has 5 rings (SSSR count). The van der Waals surface area contributed by atoms with Crippen LogP contribution in [0.15, 0.2) is 100 Å². The van der Waals surface area contributed by atoms with Gasteiger partial charge < -0.3 is 0 Å². The summed E-state index contributed by atoms with van der Waals surface area (Å²) in [6.07, 6.45) is 5.25. The van der Waals surface area contributed by atoms with E-state index < -0.39 is 0 Å². The Morgan fingerprint density at radius 1 is 0.763 bits per heavy atom. The Balaban J connectivity index is 0.000000238. The van der Waals surface area contributed by atoms with Crippen LogP contribution in [0.5, 0.6) is 0 Å². The molecule has 0 saturated carbocycles. The predicted molar refractivity (Wildman–Crippen MR) is 199 cm³/mol. The molecule has 202 valence electrons. The van der Waals surface area contributed by atoms with E-state index in [1.165, 1.54) is 17.1 Å². The molecular formula is C26H22Br5I2N3S2. The Bertz CT molecular complexity index is 1140. The van der Waals surface area contributed by atoms with Crippen LogP contribution >= 0.6 is 148 Å². The number of hydrogen-bond donors (Lipinski definition) is 0. The Hall–Kier alpha value is 0.710. The molecule has 12 heteroatoms. The van der Waals surface area contributed by atoms with E-state index >= 15 is 0 Å². The molecule has 0 amide bonds. The fraction of sp³-hybridized carbons (Fsp3) is 0.115. The third-order valence-corrected chi connectivity index (χ3v) is 9.46. The average Bonchev–Trinajstić information content (AvgIpc) is 3.40. The number of pyridine rings is 3. The quantitative estimate of drug-likeness (QED) is 0.115. The van der Waals surface area contributed by atoms with Crippen LogP contribution in [0.25, 0.3) is 0 Å². The summed E-state index contributed by atoms with van der Waals surface area (Å²) in [6.45, 7) is 6.17. The van der Waals surface area contributed by atoms with Gasteiger partial charge in [-0.1, -0.05) is 22.0 Å². The lowest BCUT2D eigenvalue weighted by molar-refractivity contribution is 1.17. The van der Waals surface area contributed by atoms with Gasteiger partial charge in [0.25, 0.3) is 0 Å². The molecule has 0 spiro atoms. The molecule has 5 aromatic heterocycles. The minimum absolute atomic E-state index is 0.900. The summed E-state index contributed by atoms with van der Waals surface area (Å²) in [5, 5.41) is 2.15. The highest BCUT2D eigenvalue weighted by molar-refractivity contribution is 14.1. The van der Waals surface area contributed by atoms with E-state index in [2.05, 4.69) is 177 Å². The standard InChI is InChI=1S/C6H6BrN.C5H3Br2N.C5H3BrIN.C5H5BrS.C5H5IS/c1-5-3-2-4-6(7)8-5;6-4-1-5(7)3-8-2-4;6-4-1-2-8-5(7)3-4;1-4-2-3-5(6)7-4;1-4-2-5(6)7-3-4/h2-4H,1H3;2*1-3H;2*2-3H,1H3. The molecule has 0 aliphatic carbocycles. The summed E-state index contributed by atoms with van der Waals surface area (Å²) >= 11 is 24.5. The normalized spacial score (nSPS) is 9.32. The maximum atomic E-state index is 4.09. The van der Waals surface area contributed by atoms with Crippen molar-refractivity contribution in [3.05, 3.63) is 123 Å².